The van der Waals surface area contributed by atoms with Crippen molar-refractivity contribution < 1.29 is 4.74 Å². The summed E-state index contributed by atoms with van der Waals surface area (Å²) >= 11 is 0. The van der Waals surface area contributed by atoms with E-state index in [9.17, 15) is 0 Å². The molecule has 3 rings (SSSR count). The van der Waals surface area contributed by atoms with Crippen LogP contribution in [-0.4, -0.2) is 16.6 Å². The van der Waals surface area contributed by atoms with E-state index >= 15 is 0 Å². The van der Waals surface area contributed by atoms with Crippen LogP contribution in [-0.2, 0) is 0 Å². The number of allylic oxidation sites excluding steroid dienone is 2. The van der Waals surface area contributed by atoms with E-state index in [0.717, 1.165) is 36.0 Å². The van der Waals surface area contributed by atoms with E-state index in [1.807, 2.05) is 48.5 Å². The number of hydrogen-bond acceptors (Lipinski definition) is 4. The minimum atomic E-state index is 0.662. The van der Waals surface area contributed by atoms with E-state index < -0.39 is 0 Å². The second kappa shape index (κ2) is 10.8. The summed E-state index contributed by atoms with van der Waals surface area (Å²) in [4.78, 5) is 8.86. The van der Waals surface area contributed by atoms with Gasteiger partial charge in [-0.3, -0.25) is 0 Å². The molecule has 0 spiro atoms. The Hall–Kier alpha value is -3.45. The van der Waals surface area contributed by atoms with Crippen molar-refractivity contribution in [3.8, 4) is 34.3 Å². The van der Waals surface area contributed by atoms with Crippen molar-refractivity contribution >= 4 is 0 Å². The summed E-state index contributed by atoms with van der Waals surface area (Å²) in [6.07, 6.45) is 12.3. The number of aromatic nitrogens is 2. The number of benzene rings is 2. The molecular formula is C25H25N3O. The Labute approximate surface area is 172 Å². The summed E-state index contributed by atoms with van der Waals surface area (Å²) in [5.74, 6) is 1.38. The fraction of sp³-hybridized carbons (Fsp3) is 0.240. The molecule has 3 aromatic rings. The Bertz CT molecular complexity index is 953. The monoisotopic (exact) mass is 383 g/mol. The number of nitriles is 1. The molecule has 0 saturated carbocycles. The Kier molecular flexibility index (Phi) is 7.54. The van der Waals surface area contributed by atoms with E-state index in [-0.39, 0.29) is 0 Å². The molecule has 0 saturated heterocycles. The summed E-state index contributed by atoms with van der Waals surface area (Å²) < 4.78 is 5.73. The third-order valence-electron chi connectivity index (χ3n) is 4.64. The first-order valence-electron chi connectivity index (χ1n) is 9.97. The van der Waals surface area contributed by atoms with Crippen LogP contribution in [0.15, 0.2) is 73.1 Å². The molecule has 0 fully saturated rings. The van der Waals surface area contributed by atoms with Crippen molar-refractivity contribution in [1.82, 2.24) is 9.97 Å². The molecule has 0 atom stereocenters. The largest absolute Gasteiger partial charge is 0.490 e. The first-order valence-corrected chi connectivity index (χ1v) is 9.97. The number of unbranched alkanes of at least 4 members (excludes halogenated alkanes) is 3. The molecule has 0 amide bonds. The Morgan fingerprint density at radius 2 is 1.48 bits per heavy atom. The second-order valence-corrected chi connectivity index (χ2v) is 6.78. The highest BCUT2D eigenvalue weighted by Crippen LogP contribution is 2.24. The lowest BCUT2D eigenvalue weighted by molar-refractivity contribution is 0.303. The zero-order valence-electron chi connectivity index (χ0n) is 16.7. The van der Waals surface area contributed by atoms with Crippen molar-refractivity contribution in [2.75, 3.05) is 6.61 Å². The molecule has 1 heterocycles. The fourth-order valence-corrected chi connectivity index (χ4v) is 2.99. The van der Waals surface area contributed by atoms with Crippen LogP contribution < -0.4 is 4.74 Å². The van der Waals surface area contributed by atoms with E-state index in [4.69, 9.17) is 10.00 Å². The number of ether oxygens (including phenoxy) is 1. The van der Waals surface area contributed by atoms with Crippen molar-refractivity contribution in [3.05, 3.63) is 78.6 Å². The Balaban J connectivity index is 1.53. The molecule has 0 aliphatic carbocycles. The van der Waals surface area contributed by atoms with Gasteiger partial charge in [0, 0.05) is 5.56 Å². The molecular weight excluding hydrogens is 358 g/mol. The third-order valence-corrected chi connectivity index (χ3v) is 4.64. The summed E-state index contributed by atoms with van der Waals surface area (Å²) in [5, 5.41) is 8.91. The first-order chi connectivity index (χ1) is 14.3. The van der Waals surface area contributed by atoms with E-state index in [0.29, 0.717) is 23.7 Å². The van der Waals surface area contributed by atoms with Gasteiger partial charge >= 0.3 is 0 Å². The highest BCUT2D eigenvalue weighted by Gasteiger charge is 2.04. The van der Waals surface area contributed by atoms with Crippen LogP contribution in [0.5, 0.6) is 5.75 Å². The molecule has 29 heavy (non-hydrogen) atoms. The van der Waals surface area contributed by atoms with Crippen LogP contribution in [0.1, 0.15) is 38.2 Å². The molecule has 0 bridgehead atoms. The van der Waals surface area contributed by atoms with Gasteiger partial charge in [-0.1, -0.05) is 48.6 Å². The molecule has 0 unspecified atom stereocenters. The summed E-state index contributed by atoms with van der Waals surface area (Å²) in [6.45, 7) is 2.74. The van der Waals surface area contributed by atoms with Crippen LogP contribution in [0.2, 0.25) is 0 Å². The highest BCUT2D eigenvalue weighted by molar-refractivity contribution is 5.68. The zero-order valence-corrected chi connectivity index (χ0v) is 16.7. The lowest BCUT2D eigenvalue weighted by atomic mass is 10.0. The van der Waals surface area contributed by atoms with Crippen molar-refractivity contribution in [2.24, 2.45) is 0 Å². The average Bonchev–Trinajstić information content (AvgIpc) is 2.79. The van der Waals surface area contributed by atoms with Crippen LogP contribution in [0.4, 0.5) is 0 Å². The summed E-state index contributed by atoms with van der Waals surface area (Å²) in [7, 11) is 0. The van der Waals surface area contributed by atoms with Gasteiger partial charge in [0.15, 0.2) is 11.6 Å². The first kappa shape index (κ1) is 20.3. The molecule has 0 aliphatic rings. The maximum atomic E-state index is 8.91. The zero-order chi connectivity index (χ0) is 20.3. The Morgan fingerprint density at radius 1 is 0.862 bits per heavy atom. The van der Waals surface area contributed by atoms with Gasteiger partial charge in [0.1, 0.15) is 0 Å². The smallest absolute Gasteiger partial charge is 0.159 e. The van der Waals surface area contributed by atoms with Crippen LogP contribution >= 0.6 is 0 Å². The third kappa shape index (κ3) is 6.02. The van der Waals surface area contributed by atoms with E-state index in [1.165, 1.54) is 6.42 Å². The normalized spacial score (nSPS) is 10.8. The van der Waals surface area contributed by atoms with Crippen LogP contribution in [0.3, 0.4) is 0 Å². The predicted molar refractivity (Wildman–Crippen MR) is 116 cm³/mol. The molecule has 146 valence electrons. The maximum Gasteiger partial charge on any atom is 0.159 e. The molecule has 0 N–H and O–H groups in total. The quantitative estimate of drug-likeness (QED) is 0.326. The van der Waals surface area contributed by atoms with Gasteiger partial charge in [0.25, 0.3) is 0 Å². The van der Waals surface area contributed by atoms with Gasteiger partial charge < -0.3 is 4.74 Å². The van der Waals surface area contributed by atoms with Crippen LogP contribution in [0.25, 0.3) is 22.5 Å². The SMILES string of the molecule is CC=CCCCCCOc1cnc(-c2ccc(-c3ccc(C#N)cc3)cc2)nc1. The van der Waals surface area contributed by atoms with Gasteiger partial charge in [0.2, 0.25) is 0 Å². The summed E-state index contributed by atoms with van der Waals surface area (Å²) in [6, 6.07) is 17.8. The van der Waals surface area contributed by atoms with Gasteiger partial charge in [0.05, 0.1) is 30.6 Å². The lowest BCUT2D eigenvalue weighted by Gasteiger charge is -2.07. The number of nitrogens with zero attached hydrogens (tertiary/aromatic N) is 3. The molecule has 4 heteroatoms. The van der Waals surface area contributed by atoms with Crippen molar-refractivity contribution in [3.63, 3.8) is 0 Å². The number of hydrogen-bond donors (Lipinski definition) is 0. The fourth-order valence-electron chi connectivity index (χ4n) is 2.99. The number of rotatable bonds is 9. The maximum absolute atomic E-state index is 8.91. The van der Waals surface area contributed by atoms with Gasteiger partial charge in [-0.2, -0.15) is 5.26 Å². The standard InChI is InChI=1S/C25H25N3O/c1-2-3-4-5-6-7-16-29-24-18-27-25(28-19-24)23-14-12-22(13-15-23)21-10-8-20(17-26)9-11-21/h2-3,8-15,18-19H,4-7,16H2,1H3. The minimum absolute atomic E-state index is 0.662. The van der Waals surface area contributed by atoms with Gasteiger partial charge in [-0.25, -0.2) is 9.97 Å². The van der Waals surface area contributed by atoms with E-state index in [1.54, 1.807) is 12.4 Å². The van der Waals surface area contributed by atoms with Crippen molar-refractivity contribution in [2.45, 2.75) is 32.6 Å². The molecule has 0 aliphatic heterocycles. The van der Waals surface area contributed by atoms with Crippen molar-refractivity contribution in [1.29, 1.82) is 5.26 Å². The lowest BCUT2D eigenvalue weighted by Crippen LogP contribution is -1.99. The molecule has 2 aromatic carbocycles. The molecule has 0 radical (unpaired) electrons. The predicted octanol–water partition coefficient (Wildman–Crippen LogP) is 6.20. The van der Waals surface area contributed by atoms with Crippen LogP contribution in [0, 0.1) is 11.3 Å². The van der Waals surface area contributed by atoms with Gasteiger partial charge in [-0.05, 0) is 55.9 Å². The minimum Gasteiger partial charge on any atom is -0.490 e. The van der Waals surface area contributed by atoms with E-state index in [2.05, 4.69) is 35.1 Å². The molecule has 4 nitrogen and oxygen atoms in total. The summed E-state index contributed by atoms with van der Waals surface area (Å²) in [5.41, 5.74) is 3.78. The average molecular weight is 383 g/mol. The highest BCUT2D eigenvalue weighted by atomic mass is 16.5. The molecule has 1 aromatic heterocycles. The second-order valence-electron chi connectivity index (χ2n) is 6.78. The van der Waals surface area contributed by atoms with Gasteiger partial charge in [-0.15, -0.1) is 0 Å². The topological polar surface area (TPSA) is 58.8 Å². The Morgan fingerprint density at radius 3 is 2.10 bits per heavy atom.